The molecule has 0 saturated carbocycles. The fraction of sp³-hybridized carbons (Fsp3) is 0.200. The lowest BCUT2D eigenvalue weighted by molar-refractivity contribution is 0.0940. The van der Waals surface area contributed by atoms with Gasteiger partial charge in [-0.3, -0.25) is 9.48 Å². The van der Waals surface area contributed by atoms with Crippen LogP contribution in [-0.2, 0) is 6.54 Å². The van der Waals surface area contributed by atoms with Gasteiger partial charge in [-0.2, -0.15) is 5.10 Å². The van der Waals surface area contributed by atoms with Crippen molar-refractivity contribution in [1.82, 2.24) is 15.1 Å². The summed E-state index contributed by atoms with van der Waals surface area (Å²) in [6, 6.07) is 21.7. The maximum absolute atomic E-state index is 12.9. The molecule has 0 aliphatic rings. The van der Waals surface area contributed by atoms with E-state index in [4.69, 9.17) is 4.74 Å². The van der Waals surface area contributed by atoms with Gasteiger partial charge < -0.3 is 10.1 Å². The number of hydrogen-bond donors (Lipinski definition) is 1. The molecule has 0 unspecified atom stereocenters. The SMILES string of the molecule is COc1cccc([C@H](C)NC(=O)c2ccc3cnn(Cc4ccc(C)cc4)c3c2)c1. The molecule has 0 spiro atoms. The van der Waals surface area contributed by atoms with Crippen molar-refractivity contribution >= 4 is 16.8 Å². The van der Waals surface area contributed by atoms with E-state index in [0.717, 1.165) is 22.2 Å². The highest BCUT2D eigenvalue weighted by atomic mass is 16.5. The Morgan fingerprint density at radius 1 is 1.10 bits per heavy atom. The highest BCUT2D eigenvalue weighted by Crippen LogP contribution is 2.21. The minimum atomic E-state index is -0.138. The highest BCUT2D eigenvalue weighted by Gasteiger charge is 2.14. The van der Waals surface area contributed by atoms with Gasteiger partial charge in [0, 0.05) is 10.9 Å². The van der Waals surface area contributed by atoms with Gasteiger partial charge in [-0.05, 0) is 49.2 Å². The number of nitrogens with zero attached hydrogens (tertiary/aromatic N) is 2. The fourth-order valence-electron chi connectivity index (χ4n) is 3.48. The summed E-state index contributed by atoms with van der Waals surface area (Å²) in [5.74, 6) is 0.658. The van der Waals surface area contributed by atoms with Crippen molar-refractivity contribution in [3.8, 4) is 5.75 Å². The van der Waals surface area contributed by atoms with Gasteiger partial charge in [0.1, 0.15) is 5.75 Å². The van der Waals surface area contributed by atoms with Crippen molar-refractivity contribution < 1.29 is 9.53 Å². The molecule has 3 aromatic carbocycles. The number of hydrogen-bond acceptors (Lipinski definition) is 3. The van der Waals surface area contributed by atoms with Gasteiger partial charge in [0.05, 0.1) is 31.4 Å². The number of rotatable bonds is 6. The molecule has 0 bridgehead atoms. The summed E-state index contributed by atoms with van der Waals surface area (Å²) in [7, 11) is 1.64. The van der Waals surface area contributed by atoms with Crippen LogP contribution in [0.1, 0.15) is 40.0 Å². The molecule has 0 fully saturated rings. The zero-order valence-electron chi connectivity index (χ0n) is 17.4. The van der Waals surface area contributed by atoms with Crippen LogP contribution in [0.2, 0.25) is 0 Å². The van der Waals surface area contributed by atoms with Crippen LogP contribution in [0.25, 0.3) is 10.9 Å². The van der Waals surface area contributed by atoms with E-state index in [1.54, 1.807) is 7.11 Å². The predicted molar refractivity (Wildman–Crippen MR) is 119 cm³/mol. The zero-order chi connectivity index (χ0) is 21.1. The van der Waals surface area contributed by atoms with Gasteiger partial charge in [0.15, 0.2) is 0 Å². The number of carbonyl (C=O) groups is 1. The Balaban J connectivity index is 1.54. The molecule has 152 valence electrons. The molecule has 1 N–H and O–H groups in total. The molecule has 5 heteroatoms. The third-order valence-corrected chi connectivity index (χ3v) is 5.30. The Morgan fingerprint density at radius 3 is 2.67 bits per heavy atom. The third-order valence-electron chi connectivity index (χ3n) is 5.30. The topological polar surface area (TPSA) is 56.1 Å². The Morgan fingerprint density at radius 2 is 1.90 bits per heavy atom. The van der Waals surface area contributed by atoms with Crippen molar-refractivity contribution in [2.75, 3.05) is 7.11 Å². The lowest BCUT2D eigenvalue weighted by Gasteiger charge is -2.15. The average Bonchev–Trinajstić information content (AvgIpc) is 3.17. The summed E-state index contributed by atoms with van der Waals surface area (Å²) < 4.78 is 7.21. The van der Waals surface area contributed by atoms with Gasteiger partial charge in [-0.25, -0.2) is 0 Å². The average molecular weight is 399 g/mol. The lowest BCUT2D eigenvalue weighted by atomic mass is 10.1. The molecule has 4 rings (SSSR count). The molecule has 1 aromatic heterocycles. The molecule has 0 saturated heterocycles. The first kappa shape index (κ1) is 19.7. The van der Waals surface area contributed by atoms with Crippen LogP contribution in [0.15, 0.2) is 72.9 Å². The summed E-state index contributed by atoms with van der Waals surface area (Å²) in [4.78, 5) is 12.9. The van der Waals surface area contributed by atoms with Crippen molar-refractivity contribution in [3.63, 3.8) is 0 Å². The van der Waals surface area contributed by atoms with Gasteiger partial charge in [0.2, 0.25) is 0 Å². The molecular formula is C25H25N3O2. The smallest absolute Gasteiger partial charge is 0.251 e. The summed E-state index contributed by atoms with van der Waals surface area (Å²) >= 11 is 0. The molecule has 0 aliphatic carbocycles. The van der Waals surface area contributed by atoms with Crippen LogP contribution in [-0.4, -0.2) is 22.8 Å². The Bertz CT molecular complexity index is 1180. The number of aryl methyl sites for hydroxylation is 1. The Labute approximate surface area is 176 Å². The van der Waals surface area contributed by atoms with Crippen molar-refractivity contribution in [2.45, 2.75) is 26.4 Å². The van der Waals surface area contributed by atoms with E-state index >= 15 is 0 Å². The van der Waals surface area contributed by atoms with Gasteiger partial charge in [0.25, 0.3) is 5.91 Å². The summed E-state index contributed by atoms with van der Waals surface area (Å²) in [5, 5.41) is 8.60. The first-order valence-electron chi connectivity index (χ1n) is 9.99. The van der Waals surface area contributed by atoms with E-state index in [9.17, 15) is 4.79 Å². The van der Waals surface area contributed by atoms with E-state index in [-0.39, 0.29) is 11.9 Å². The number of aromatic nitrogens is 2. The molecule has 4 aromatic rings. The number of benzene rings is 3. The second-order valence-corrected chi connectivity index (χ2v) is 7.53. The normalized spacial score (nSPS) is 12.0. The van der Waals surface area contributed by atoms with Crippen molar-refractivity contribution in [3.05, 3.63) is 95.2 Å². The lowest BCUT2D eigenvalue weighted by Crippen LogP contribution is -2.26. The van der Waals surface area contributed by atoms with Crippen molar-refractivity contribution in [1.29, 1.82) is 0 Å². The number of nitrogens with one attached hydrogen (secondary N) is 1. The summed E-state index contributed by atoms with van der Waals surface area (Å²) in [5.41, 5.74) is 4.95. The van der Waals surface area contributed by atoms with E-state index < -0.39 is 0 Å². The van der Waals surface area contributed by atoms with Gasteiger partial charge in [-0.1, -0.05) is 48.0 Å². The first-order valence-corrected chi connectivity index (χ1v) is 9.99. The summed E-state index contributed by atoms with van der Waals surface area (Å²) in [6.45, 7) is 4.70. The van der Waals surface area contributed by atoms with E-state index in [1.807, 2.05) is 60.3 Å². The highest BCUT2D eigenvalue weighted by molar-refractivity contribution is 5.98. The molecule has 1 heterocycles. The maximum Gasteiger partial charge on any atom is 0.251 e. The standard InChI is InChI=1S/C25H25N3O2/c1-17-7-9-19(10-8-17)16-28-24-14-21(11-12-22(24)15-26-28)25(29)27-18(2)20-5-4-6-23(13-20)30-3/h4-15,18H,16H2,1-3H3,(H,27,29)/t18-/m0/s1. The largest absolute Gasteiger partial charge is 0.497 e. The Hall–Kier alpha value is -3.60. The molecule has 5 nitrogen and oxygen atoms in total. The molecule has 0 aliphatic heterocycles. The van der Waals surface area contributed by atoms with E-state index in [0.29, 0.717) is 12.1 Å². The quantitative estimate of drug-likeness (QED) is 0.502. The van der Waals surface area contributed by atoms with Crippen LogP contribution >= 0.6 is 0 Å². The molecule has 1 atom stereocenters. The van der Waals surface area contributed by atoms with Crippen LogP contribution in [0.4, 0.5) is 0 Å². The minimum Gasteiger partial charge on any atom is -0.497 e. The molecule has 30 heavy (non-hydrogen) atoms. The second-order valence-electron chi connectivity index (χ2n) is 7.53. The van der Waals surface area contributed by atoms with E-state index in [2.05, 4.69) is 41.6 Å². The summed E-state index contributed by atoms with van der Waals surface area (Å²) in [6.07, 6.45) is 1.84. The van der Waals surface area contributed by atoms with Gasteiger partial charge in [-0.15, -0.1) is 0 Å². The number of methoxy groups -OCH3 is 1. The molecule has 0 radical (unpaired) electrons. The number of fused-ring (bicyclic) bond motifs is 1. The Kier molecular flexibility index (Phi) is 5.53. The second kappa shape index (κ2) is 8.41. The number of ether oxygens (including phenoxy) is 1. The number of carbonyl (C=O) groups excluding carboxylic acids is 1. The van der Waals surface area contributed by atoms with Gasteiger partial charge >= 0.3 is 0 Å². The fourth-order valence-corrected chi connectivity index (χ4v) is 3.48. The predicted octanol–water partition coefficient (Wildman–Crippen LogP) is 4.89. The maximum atomic E-state index is 12.9. The van der Waals surface area contributed by atoms with Crippen LogP contribution in [0, 0.1) is 6.92 Å². The van der Waals surface area contributed by atoms with Crippen LogP contribution in [0.3, 0.4) is 0 Å². The molecule has 1 amide bonds. The van der Waals surface area contributed by atoms with Crippen LogP contribution < -0.4 is 10.1 Å². The van der Waals surface area contributed by atoms with Crippen LogP contribution in [0.5, 0.6) is 5.75 Å². The minimum absolute atomic E-state index is 0.115. The first-order chi connectivity index (χ1) is 14.5. The number of amides is 1. The van der Waals surface area contributed by atoms with Crippen molar-refractivity contribution in [2.24, 2.45) is 0 Å². The van der Waals surface area contributed by atoms with E-state index in [1.165, 1.54) is 11.1 Å². The monoisotopic (exact) mass is 399 g/mol. The third kappa shape index (κ3) is 4.20. The zero-order valence-corrected chi connectivity index (χ0v) is 17.4. The molecular weight excluding hydrogens is 374 g/mol.